The molecule has 104 heavy (non-hydrogen) atoms. The van der Waals surface area contributed by atoms with Crippen LogP contribution in [0, 0.1) is 0 Å². The molecule has 5 unspecified atom stereocenters. The minimum absolute atomic E-state index is 0.0225. The summed E-state index contributed by atoms with van der Waals surface area (Å²) in [7, 11) is -10.0. The van der Waals surface area contributed by atoms with Crippen molar-refractivity contribution in [1.29, 1.82) is 0 Å². The molecular formula is C85H136O17P2. The molecule has 0 spiro atoms. The molecule has 5 atom stereocenters. The number of aliphatic hydroxyl groups is 1. The van der Waals surface area contributed by atoms with Crippen LogP contribution >= 0.6 is 15.6 Å². The van der Waals surface area contributed by atoms with E-state index in [-0.39, 0.29) is 25.7 Å². The summed E-state index contributed by atoms with van der Waals surface area (Å²) >= 11 is 0. The fourth-order valence-corrected chi connectivity index (χ4v) is 11.1. The van der Waals surface area contributed by atoms with Crippen LogP contribution in [0.15, 0.2) is 182 Å². The highest BCUT2D eigenvalue weighted by atomic mass is 31.2. The van der Waals surface area contributed by atoms with Gasteiger partial charge in [-0.1, -0.05) is 255 Å². The molecule has 0 heterocycles. The van der Waals surface area contributed by atoms with Crippen molar-refractivity contribution in [1.82, 2.24) is 0 Å². The van der Waals surface area contributed by atoms with Crippen LogP contribution in [0.1, 0.15) is 272 Å². The Bertz CT molecular complexity index is 2690. The summed E-state index contributed by atoms with van der Waals surface area (Å²) in [5, 5.41) is 10.6. The van der Waals surface area contributed by atoms with Gasteiger partial charge in [0.15, 0.2) is 12.2 Å². The average Bonchev–Trinajstić information content (AvgIpc) is 0.937. The summed E-state index contributed by atoms with van der Waals surface area (Å²) in [5.41, 5.74) is 0. The van der Waals surface area contributed by atoms with E-state index in [1.54, 1.807) is 0 Å². The molecule has 0 aliphatic carbocycles. The Morgan fingerprint density at radius 3 is 0.827 bits per heavy atom. The summed E-state index contributed by atoms with van der Waals surface area (Å²) in [6, 6.07) is 0. The number of carbonyl (C=O) groups excluding carboxylic acids is 4. The number of allylic oxidation sites excluding steroid dienone is 30. The third kappa shape index (κ3) is 74.4. The molecular weight excluding hydrogens is 1350 g/mol. The zero-order chi connectivity index (χ0) is 76.0. The Kier molecular flexibility index (Phi) is 71.2. The van der Waals surface area contributed by atoms with Gasteiger partial charge in [-0.3, -0.25) is 37.3 Å². The predicted octanol–water partition coefficient (Wildman–Crippen LogP) is 22.8. The number of aliphatic hydroxyl groups excluding tert-OH is 1. The van der Waals surface area contributed by atoms with Crippen LogP contribution in [0.4, 0.5) is 0 Å². The van der Waals surface area contributed by atoms with Crippen molar-refractivity contribution >= 4 is 39.5 Å². The topological polar surface area (TPSA) is 237 Å². The first-order chi connectivity index (χ1) is 50.7. The van der Waals surface area contributed by atoms with Crippen LogP contribution in [-0.4, -0.2) is 96.7 Å². The number of carbonyl (C=O) groups is 4. The number of unbranched alkanes of at least 4 members (excludes halogenated alkanes) is 15. The number of rotatable bonds is 71. The van der Waals surface area contributed by atoms with Crippen LogP contribution in [0.25, 0.3) is 0 Å². The molecule has 0 saturated carbocycles. The highest BCUT2D eigenvalue weighted by Crippen LogP contribution is 2.45. The maximum atomic E-state index is 13.1. The van der Waals surface area contributed by atoms with Gasteiger partial charge >= 0.3 is 39.5 Å². The van der Waals surface area contributed by atoms with E-state index in [1.165, 1.54) is 19.3 Å². The summed E-state index contributed by atoms with van der Waals surface area (Å²) in [6.45, 7) is 4.32. The van der Waals surface area contributed by atoms with E-state index in [1.807, 2.05) is 12.2 Å². The molecule has 0 aromatic rings. The van der Waals surface area contributed by atoms with E-state index >= 15 is 0 Å². The van der Waals surface area contributed by atoms with Crippen molar-refractivity contribution in [3.63, 3.8) is 0 Å². The number of phosphoric ester groups is 2. The average molecular weight is 1490 g/mol. The monoisotopic (exact) mass is 1490 g/mol. The van der Waals surface area contributed by atoms with Crippen molar-refractivity contribution in [2.75, 3.05) is 39.6 Å². The molecule has 0 rings (SSSR count). The van der Waals surface area contributed by atoms with Crippen LogP contribution in [0.5, 0.6) is 0 Å². The Morgan fingerprint density at radius 2 is 0.510 bits per heavy atom. The maximum Gasteiger partial charge on any atom is 0.472 e. The summed E-state index contributed by atoms with van der Waals surface area (Å²) < 4.78 is 68.4. The summed E-state index contributed by atoms with van der Waals surface area (Å²) in [6.07, 6.45) is 90.3. The molecule has 0 aromatic carbocycles. The second-order valence-electron chi connectivity index (χ2n) is 25.1. The summed E-state index contributed by atoms with van der Waals surface area (Å²) in [4.78, 5) is 73.0. The number of hydrogen-bond donors (Lipinski definition) is 3. The minimum Gasteiger partial charge on any atom is -0.462 e. The fraction of sp³-hybridized carbons (Fsp3) is 0.600. The van der Waals surface area contributed by atoms with E-state index in [0.29, 0.717) is 38.5 Å². The number of hydrogen-bond acceptors (Lipinski definition) is 15. The molecule has 0 aromatic heterocycles. The third-order valence-electron chi connectivity index (χ3n) is 15.3. The van der Waals surface area contributed by atoms with E-state index in [4.69, 9.17) is 37.0 Å². The van der Waals surface area contributed by atoms with Crippen molar-refractivity contribution < 1.29 is 80.2 Å². The zero-order valence-corrected chi connectivity index (χ0v) is 65.9. The van der Waals surface area contributed by atoms with Crippen LogP contribution in [-0.2, 0) is 65.4 Å². The molecule has 17 nitrogen and oxygen atoms in total. The normalized spacial score (nSPS) is 14.9. The molecule has 0 fully saturated rings. The largest absolute Gasteiger partial charge is 0.472 e. The fourth-order valence-electron chi connectivity index (χ4n) is 9.50. The molecule has 0 bridgehead atoms. The van der Waals surface area contributed by atoms with Crippen molar-refractivity contribution in [2.24, 2.45) is 0 Å². The second-order valence-corrected chi connectivity index (χ2v) is 28.1. The first-order valence-electron chi connectivity index (χ1n) is 39.0. The molecule has 0 radical (unpaired) electrons. The van der Waals surface area contributed by atoms with Gasteiger partial charge in [-0.25, -0.2) is 9.13 Å². The second kappa shape index (κ2) is 75.4. The zero-order valence-electron chi connectivity index (χ0n) is 64.1. The molecule has 0 aliphatic rings. The van der Waals surface area contributed by atoms with Crippen LogP contribution in [0.3, 0.4) is 0 Å². The van der Waals surface area contributed by atoms with Gasteiger partial charge in [0.2, 0.25) is 0 Å². The van der Waals surface area contributed by atoms with Gasteiger partial charge in [0.25, 0.3) is 0 Å². The van der Waals surface area contributed by atoms with Crippen molar-refractivity contribution in [2.45, 2.75) is 290 Å². The Labute approximate surface area is 628 Å². The summed E-state index contributed by atoms with van der Waals surface area (Å²) in [5.74, 6) is -2.35. The van der Waals surface area contributed by atoms with Crippen LogP contribution < -0.4 is 0 Å². The van der Waals surface area contributed by atoms with Gasteiger partial charge in [-0.15, -0.1) is 0 Å². The minimum atomic E-state index is -5.01. The highest BCUT2D eigenvalue weighted by molar-refractivity contribution is 7.47. The molecule has 19 heteroatoms. The highest BCUT2D eigenvalue weighted by Gasteiger charge is 2.30. The van der Waals surface area contributed by atoms with E-state index in [0.717, 1.165) is 161 Å². The van der Waals surface area contributed by atoms with E-state index in [2.05, 4.69) is 198 Å². The number of esters is 4. The first kappa shape index (κ1) is 98.2. The van der Waals surface area contributed by atoms with Crippen LogP contribution in [0.2, 0.25) is 0 Å². The maximum absolute atomic E-state index is 13.1. The Balaban J connectivity index is 5.50. The van der Waals surface area contributed by atoms with Gasteiger partial charge in [-0.05, 0) is 173 Å². The SMILES string of the molecule is CC/C=C\C/C=C\C/C=C\C/C=C\C/C=C\CCCC(=O)OCC(COP(=O)(O)OCC(O)COP(=O)(O)OCC(COC(=O)CCCCCC/C=C\C/C=C\C/C=C\C/C=C\CC)OC(=O)CCCCCCC/C=C\C/C=C\CCCCC)OC(=O)CCCC/C=C\C/C=C\C/C=C\C/C=C\CC. The molecule has 0 saturated heterocycles. The lowest BCUT2D eigenvalue weighted by Gasteiger charge is -2.21. The van der Waals surface area contributed by atoms with Gasteiger partial charge < -0.3 is 33.8 Å². The Hall–Kier alpha value is -5.84. The van der Waals surface area contributed by atoms with Gasteiger partial charge in [0.1, 0.15) is 19.3 Å². The quantitative estimate of drug-likeness (QED) is 0.0169. The molecule has 3 N–H and O–H groups in total. The first-order valence-corrected chi connectivity index (χ1v) is 42.0. The lowest BCUT2D eigenvalue weighted by molar-refractivity contribution is -0.161. The Morgan fingerprint density at radius 1 is 0.279 bits per heavy atom. The van der Waals surface area contributed by atoms with E-state index < -0.39 is 97.5 Å². The standard InChI is InChI=1S/C85H136O17P2/c1-5-9-13-17-21-25-29-33-37-39-43-45-49-53-57-61-65-69-82(87)95-75-80(101-84(89)71-67-63-59-55-51-47-41-35-31-27-23-19-15-11-7-3)77-99-103(91,92)97-73-79(86)74-98-104(93,94)100-78-81(102-85(90)72-68-64-60-56-52-48-42-36-32-28-24-20-16-12-8-4)76-96-83(88)70-66-62-58-54-50-46-44-40-38-34-30-26-22-18-14-10-6-2/h9-11,13-15,21-28,33-38,41-46,51,53,55,57,79-81,86H,5-8,12,16-20,29-32,39-40,47-50,52,54,56,58-78H2,1-4H3,(H,91,92)(H,93,94)/b13-9-,14-10-,15-11-,25-21-,26-22-,27-23-,28-24-,37-33-,38-34-,41-35-,42-36-,45-43-,46-44-,55-51-,57-53-. The van der Waals surface area contributed by atoms with Crippen molar-refractivity contribution in [3.8, 4) is 0 Å². The predicted molar refractivity (Wildman–Crippen MR) is 426 cm³/mol. The van der Waals surface area contributed by atoms with Crippen molar-refractivity contribution in [3.05, 3.63) is 182 Å². The molecule has 0 aliphatic heterocycles. The lowest BCUT2D eigenvalue weighted by atomic mass is 10.1. The van der Waals surface area contributed by atoms with Gasteiger partial charge in [-0.2, -0.15) is 0 Å². The number of phosphoric acid groups is 2. The molecule has 588 valence electrons. The third-order valence-corrected chi connectivity index (χ3v) is 17.2. The van der Waals surface area contributed by atoms with Gasteiger partial charge in [0, 0.05) is 25.7 Å². The van der Waals surface area contributed by atoms with Gasteiger partial charge in [0.05, 0.1) is 26.4 Å². The lowest BCUT2D eigenvalue weighted by Crippen LogP contribution is -2.30. The number of ether oxygens (including phenoxy) is 4. The molecule has 0 amide bonds. The van der Waals surface area contributed by atoms with E-state index in [9.17, 15) is 43.2 Å². The smallest absolute Gasteiger partial charge is 0.462 e.